The average molecular weight is 370 g/mol. The van der Waals surface area contributed by atoms with Gasteiger partial charge in [0.15, 0.2) is 0 Å². The van der Waals surface area contributed by atoms with Crippen LogP contribution in [0.5, 0.6) is 0 Å². The molecule has 1 aromatic rings. The van der Waals surface area contributed by atoms with Crippen LogP contribution in [0, 0.1) is 3.57 Å². The number of carbonyl (C=O) groups excluding carboxylic acids is 1. The van der Waals surface area contributed by atoms with Crippen LogP contribution in [0.1, 0.15) is 6.92 Å². The molecule has 8 heteroatoms. The minimum Gasteiger partial charge on any atom is -0.449 e. The zero-order valence-electron chi connectivity index (χ0n) is 8.94. The molecular formula is C9H11IN2O4S. The van der Waals surface area contributed by atoms with E-state index in [1.165, 1.54) is 0 Å². The number of hydrogen-bond acceptors (Lipinski definition) is 4. The van der Waals surface area contributed by atoms with Crippen LogP contribution in [0.3, 0.4) is 0 Å². The molecule has 0 saturated heterocycles. The quantitative estimate of drug-likeness (QED) is 0.791. The van der Waals surface area contributed by atoms with E-state index in [9.17, 15) is 13.2 Å². The summed E-state index contributed by atoms with van der Waals surface area (Å²) >= 11 is 2.10. The minimum absolute atomic E-state index is 0.102. The molecule has 0 aliphatic carbocycles. The third-order valence-electron chi connectivity index (χ3n) is 1.59. The molecule has 0 radical (unpaired) electrons. The predicted octanol–water partition coefficient (Wildman–Crippen LogP) is 1.69. The predicted molar refractivity (Wildman–Crippen MR) is 71.9 cm³/mol. The average Bonchev–Trinajstić information content (AvgIpc) is 2.20. The molecule has 0 aliphatic heterocycles. The van der Waals surface area contributed by atoms with E-state index in [2.05, 4.69) is 32.0 Å². The Kier molecular flexibility index (Phi) is 5.00. The lowest BCUT2D eigenvalue weighted by atomic mass is 10.3. The van der Waals surface area contributed by atoms with E-state index >= 15 is 0 Å². The van der Waals surface area contributed by atoms with E-state index in [1.807, 2.05) is 0 Å². The van der Waals surface area contributed by atoms with Gasteiger partial charge in [0.1, 0.15) is 0 Å². The summed E-state index contributed by atoms with van der Waals surface area (Å²) in [6, 6.07) is 6.66. The van der Waals surface area contributed by atoms with E-state index in [1.54, 1.807) is 35.9 Å². The number of carbonyl (C=O) groups is 1. The van der Waals surface area contributed by atoms with Gasteiger partial charge in [-0.3, -0.25) is 4.72 Å². The summed E-state index contributed by atoms with van der Waals surface area (Å²) < 4.78 is 32.2. The lowest BCUT2D eigenvalue weighted by molar-refractivity contribution is 0.159. The van der Waals surface area contributed by atoms with E-state index in [0.29, 0.717) is 5.69 Å². The number of halogens is 1. The van der Waals surface area contributed by atoms with Crippen LogP contribution >= 0.6 is 22.6 Å². The first-order chi connectivity index (χ1) is 7.93. The van der Waals surface area contributed by atoms with Crippen LogP contribution in [-0.2, 0) is 14.9 Å². The van der Waals surface area contributed by atoms with Gasteiger partial charge in [0.2, 0.25) is 0 Å². The minimum atomic E-state index is -3.95. The first-order valence-electron chi connectivity index (χ1n) is 4.66. The van der Waals surface area contributed by atoms with Crippen molar-refractivity contribution in [2.24, 2.45) is 0 Å². The van der Waals surface area contributed by atoms with Gasteiger partial charge in [-0.25, -0.2) is 9.52 Å². The molecule has 94 valence electrons. The van der Waals surface area contributed by atoms with Crippen molar-refractivity contribution in [1.29, 1.82) is 0 Å². The second kappa shape index (κ2) is 6.05. The first kappa shape index (κ1) is 14.0. The summed E-state index contributed by atoms with van der Waals surface area (Å²) in [5.74, 6) is 0. The van der Waals surface area contributed by atoms with Crippen LogP contribution in [0.25, 0.3) is 0 Å². The maximum Gasteiger partial charge on any atom is 0.422 e. The fraction of sp³-hybridized carbons (Fsp3) is 0.222. The maximum absolute atomic E-state index is 11.4. The molecule has 0 heterocycles. The molecule has 0 spiro atoms. The SMILES string of the molecule is CCOC(=O)NS(=O)(=O)Nc1ccc(I)cc1. The molecule has 0 saturated carbocycles. The number of nitrogens with one attached hydrogen (secondary N) is 2. The topological polar surface area (TPSA) is 84.5 Å². The van der Waals surface area contributed by atoms with E-state index < -0.39 is 16.3 Å². The number of benzene rings is 1. The monoisotopic (exact) mass is 370 g/mol. The van der Waals surface area contributed by atoms with E-state index in [-0.39, 0.29) is 6.61 Å². The molecule has 1 aromatic carbocycles. The first-order valence-corrected chi connectivity index (χ1v) is 7.22. The van der Waals surface area contributed by atoms with Gasteiger partial charge in [-0.2, -0.15) is 8.42 Å². The smallest absolute Gasteiger partial charge is 0.422 e. The molecule has 0 bridgehead atoms. The van der Waals surface area contributed by atoms with Gasteiger partial charge >= 0.3 is 16.3 Å². The Morgan fingerprint density at radius 2 is 1.94 bits per heavy atom. The van der Waals surface area contributed by atoms with Crippen LogP contribution in [0.4, 0.5) is 10.5 Å². The Morgan fingerprint density at radius 3 is 2.47 bits per heavy atom. The molecule has 0 unspecified atom stereocenters. The number of anilines is 1. The molecule has 2 N–H and O–H groups in total. The summed E-state index contributed by atoms with van der Waals surface area (Å²) in [4.78, 5) is 10.9. The van der Waals surface area contributed by atoms with Crippen LogP contribution < -0.4 is 9.44 Å². The van der Waals surface area contributed by atoms with Crippen LogP contribution in [0.2, 0.25) is 0 Å². The van der Waals surface area contributed by atoms with Crippen molar-refractivity contribution in [2.75, 3.05) is 11.3 Å². The van der Waals surface area contributed by atoms with Crippen molar-refractivity contribution in [2.45, 2.75) is 6.92 Å². The number of rotatable bonds is 4. The van der Waals surface area contributed by atoms with Gasteiger partial charge in [-0.05, 0) is 53.8 Å². The zero-order valence-corrected chi connectivity index (χ0v) is 11.9. The standard InChI is InChI=1S/C9H11IN2O4S/c1-2-16-9(13)12-17(14,15)11-8-5-3-7(10)4-6-8/h3-6,11H,2H2,1H3,(H,12,13). The van der Waals surface area contributed by atoms with Crippen LogP contribution in [0.15, 0.2) is 24.3 Å². The summed E-state index contributed by atoms with van der Waals surface area (Å²) in [5.41, 5.74) is 0.363. The Balaban J connectivity index is 2.66. The van der Waals surface area contributed by atoms with Crippen molar-refractivity contribution in [3.05, 3.63) is 27.8 Å². The summed E-state index contributed by atoms with van der Waals surface area (Å²) in [7, 11) is -3.95. The Labute approximate surface area is 113 Å². The highest BCUT2D eigenvalue weighted by atomic mass is 127. The summed E-state index contributed by atoms with van der Waals surface area (Å²) in [6.45, 7) is 1.68. The molecular weight excluding hydrogens is 359 g/mol. The second-order valence-electron chi connectivity index (χ2n) is 2.93. The zero-order chi connectivity index (χ0) is 12.9. The van der Waals surface area contributed by atoms with Gasteiger partial charge in [-0.15, -0.1) is 0 Å². The van der Waals surface area contributed by atoms with Crippen molar-refractivity contribution in [3.8, 4) is 0 Å². The van der Waals surface area contributed by atoms with Crippen molar-refractivity contribution < 1.29 is 17.9 Å². The Morgan fingerprint density at radius 1 is 1.35 bits per heavy atom. The van der Waals surface area contributed by atoms with E-state index in [4.69, 9.17) is 0 Å². The normalized spacial score (nSPS) is 10.7. The lowest BCUT2D eigenvalue weighted by Crippen LogP contribution is -2.35. The van der Waals surface area contributed by atoms with Gasteiger partial charge in [0, 0.05) is 3.57 Å². The second-order valence-corrected chi connectivity index (χ2v) is 5.60. The molecule has 0 aromatic heterocycles. The summed E-state index contributed by atoms with van der Waals surface area (Å²) in [5, 5.41) is 0. The molecule has 17 heavy (non-hydrogen) atoms. The number of amides is 1. The highest BCUT2D eigenvalue weighted by Gasteiger charge is 2.14. The fourth-order valence-electron chi connectivity index (χ4n) is 0.969. The van der Waals surface area contributed by atoms with Crippen LogP contribution in [-0.4, -0.2) is 21.1 Å². The van der Waals surface area contributed by atoms with Gasteiger partial charge in [0.05, 0.1) is 12.3 Å². The molecule has 0 fully saturated rings. The largest absolute Gasteiger partial charge is 0.449 e. The molecule has 1 rings (SSSR count). The fourth-order valence-corrected chi connectivity index (χ4v) is 2.10. The van der Waals surface area contributed by atoms with Gasteiger partial charge in [-0.1, -0.05) is 0 Å². The highest BCUT2D eigenvalue weighted by Crippen LogP contribution is 2.11. The molecule has 0 atom stereocenters. The van der Waals surface area contributed by atoms with Gasteiger partial charge in [0.25, 0.3) is 0 Å². The molecule has 1 amide bonds. The Bertz CT molecular complexity index is 486. The van der Waals surface area contributed by atoms with Crippen molar-refractivity contribution >= 4 is 44.6 Å². The number of hydrogen-bond donors (Lipinski definition) is 2. The Hall–Kier alpha value is -1.03. The van der Waals surface area contributed by atoms with E-state index in [0.717, 1.165) is 3.57 Å². The van der Waals surface area contributed by atoms with Gasteiger partial charge < -0.3 is 4.74 Å². The third kappa shape index (κ3) is 5.22. The van der Waals surface area contributed by atoms with Crippen molar-refractivity contribution in [1.82, 2.24) is 4.72 Å². The molecule has 0 aliphatic rings. The number of ether oxygens (including phenoxy) is 1. The van der Waals surface area contributed by atoms with Crippen molar-refractivity contribution in [3.63, 3.8) is 0 Å². The lowest BCUT2D eigenvalue weighted by Gasteiger charge is -2.08. The highest BCUT2D eigenvalue weighted by molar-refractivity contribution is 14.1. The molecule has 6 nitrogen and oxygen atoms in total. The summed E-state index contributed by atoms with van der Waals surface area (Å²) in [6.07, 6.45) is -1.01. The maximum atomic E-state index is 11.4. The third-order valence-corrected chi connectivity index (χ3v) is 3.25.